The van der Waals surface area contributed by atoms with E-state index in [0.29, 0.717) is 0 Å². The minimum Gasteiger partial charge on any atom is -0.0533 e. The van der Waals surface area contributed by atoms with E-state index < -0.39 is 0 Å². The monoisotopic (exact) mass is 110 g/mol. The number of rotatable bonds is 2. The Bertz CT molecular complexity index is 62.2. The molecule has 2 saturated carbocycles. The van der Waals surface area contributed by atoms with E-state index in [0.717, 1.165) is 0 Å². The summed E-state index contributed by atoms with van der Waals surface area (Å²) in [4.78, 5) is 0. The molecule has 1 heteroatoms. The van der Waals surface area contributed by atoms with Gasteiger partial charge in [-0.1, -0.05) is 25.7 Å². The van der Waals surface area contributed by atoms with Gasteiger partial charge in [0.15, 0.2) is 0 Å². The van der Waals surface area contributed by atoms with Gasteiger partial charge in [-0.15, -0.1) is 0 Å². The summed E-state index contributed by atoms with van der Waals surface area (Å²) in [6.45, 7) is 0. The smallest absolute Gasteiger partial charge is 0.0448 e. The zero-order chi connectivity index (χ0) is 4.69. The van der Waals surface area contributed by atoms with Gasteiger partial charge < -0.3 is 0 Å². The van der Waals surface area contributed by atoms with Gasteiger partial charge in [0.25, 0.3) is 0 Å². The first-order valence-corrected chi connectivity index (χ1v) is 4.37. The molecule has 38 valence electrons. The van der Waals surface area contributed by atoms with Crippen LogP contribution in [0.5, 0.6) is 0 Å². The molecule has 0 unspecified atom stereocenters. The minimum absolute atomic E-state index is 1.22. The molecule has 2 radical (unpaired) electrons. The highest BCUT2D eigenvalue weighted by Gasteiger charge is 2.31. The average Bonchev–Trinajstić information content (AvgIpc) is 2.33. The van der Waals surface area contributed by atoms with E-state index in [9.17, 15) is 0 Å². The fourth-order valence-electron chi connectivity index (χ4n) is 0.833. The van der Waals surface area contributed by atoms with Gasteiger partial charge in [-0.25, -0.2) is 0 Å². The summed E-state index contributed by atoms with van der Waals surface area (Å²) in [5.41, 5.74) is 2.43. The quantitative estimate of drug-likeness (QED) is 0.476. The first-order chi connectivity index (χ1) is 3.45. The van der Waals surface area contributed by atoms with E-state index in [1.807, 2.05) is 0 Å². The van der Waals surface area contributed by atoms with Crippen LogP contribution in [0.15, 0.2) is 0 Å². The first-order valence-electron chi connectivity index (χ1n) is 3.21. The van der Waals surface area contributed by atoms with Gasteiger partial charge in [-0.2, -0.15) is 0 Å². The third-order valence-electron chi connectivity index (χ3n) is 1.63. The molecule has 2 fully saturated rings. The molecule has 0 spiro atoms. The maximum Gasteiger partial charge on any atom is 0.0448 e. The van der Waals surface area contributed by atoms with E-state index in [2.05, 4.69) is 0 Å². The lowest BCUT2D eigenvalue weighted by Gasteiger charge is -1.83. The molecular weight excluding hydrogens is 100 g/mol. The van der Waals surface area contributed by atoms with Crippen molar-refractivity contribution in [3.63, 3.8) is 0 Å². The lowest BCUT2D eigenvalue weighted by molar-refractivity contribution is 1.32. The molecule has 0 N–H and O–H groups in total. The van der Waals surface area contributed by atoms with Crippen LogP contribution in [-0.4, -0.2) is 9.52 Å². The zero-order valence-corrected chi connectivity index (χ0v) is 5.48. The minimum atomic E-state index is 1.22. The summed E-state index contributed by atoms with van der Waals surface area (Å²) in [7, 11) is 1.37. The second kappa shape index (κ2) is 1.34. The lowest BCUT2D eigenvalue weighted by atomic mass is 10.9. The van der Waals surface area contributed by atoms with Crippen LogP contribution in [0.4, 0.5) is 0 Å². The summed E-state index contributed by atoms with van der Waals surface area (Å²) in [5.74, 6) is 0. The Balaban J connectivity index is 1.69. The van der Waals surface area contributed by atoms with E-state index in [1.54, 1.807) is 25.7 Å². The maximum atomic E-state index is 1.56. The third kappa shape index (κ3) is 1.06. The average molecular weight is 110 g/mol. The standard InChI is InChI=1S/C6H10Si/c1-2-5(1)7-6-3-4-6/h5-6H,1-4H2. The number of hydrogen-bond acceptors (Lipinski definition) is 0. The van der Waals surface area contributed by atoms with Crippen LogP contribution in [-0.2, 0) is 0 Å². The highest BCUT2D eigenvalue weighted by Crippen LogP contribution is 2.45. The van der Waals surface area contributed by atoms with Gasteiger partial charge in [-0.05, 0) is 11.1 Å². The van der Waals surface area contributed by atoms with Crippen molar-refractivity contribution in [3.8, 4) is 0 Å². The van der Waals surface area contributed by atoms with Gasteiger partial charge in [0, 0.05) is 9.52 Å². The van der Waals surface area contributed by atoms with Gasteiger partial charge >= 0.3 is 0 Å². The van der Waals surface area contributed by atoms with E-state index >= 15 is 0 Å². The lowest BCUT2D eigenvalue weighted by Crippen LogP contribution is -1.83. The summed E-state index contributed by atoms with van der Waals surface area (Å²) >= 11 is 0. The molecule has 0 aromatic heterocycles. The molecule has 0 bridgehead atoms. The summed E-state index contributed by atoms with van der Waals surface area (Å²) in [6, 6.07) is 0. The molecule has 0 heterocycles. The van der Waals surface area contributed by atoms with Crippen molar-refractivity contribution < 1.29 is 0 Å². The van der Waals surface area contributed by atoms with Crippen LogP contribution in [0.3, 0.4) is 0 Å². The molecule has 0 aliphatic heterocycles. The van der Waals surface area contributed by atoms with Crippen LogP contribution in [0.2, 0.25) is 11.1 Å². The van der Waals surface area contributed by atoms with E-state index in [4.69, 9.17) is 0 Å². The third-order valence-corrected chi connectivity index (χ3v) is 3.72. The summed E-state index contributed by atoms with van der Waals surface area (Å²) < 4.78 is 0. The predicted octanol–water partition coefficient (Wildman–Crippen LogP) is 1.86. The highest BCUT2D eigenvalue weighted by molar-refractivity contribution is 6.41. The Morgan fingerprint density at radius 2 is 1.29 bits per heavy atom. The molecule has 2 aliphatic carbocycles. The summed E-state index contributed by atoms with van der Waals surface area (Å²) in [6.07, 6.45) is 6.26. The molecule has 2 aliphatic rings. The fraction of sp³-hybridized carbons (Fsp3) is 1.00. The van der Waals surface area contributed by atoms with Crippen molar-refractivity contribution in [2.24, 2.45) is 0 Å². The predicted molar refractivity (Wildman–Crippen MR) is 31.7 cm³/mol. The largest absolute Gasteiger partial charge is 0.0533 e. The SMILES string of the molecule is C1CC1[Si]C1CC1. The van der Waals surface area contributed by atoms with Crippen molar-refractivity contribution in [1.29, 1.82) is 0 Å². The molecule has 2 rings (SSSR count). The molecule has 0 amide bonds. The molecule has 0 aromatic rings. The Kier molecular flexibility index (Phi) is 0.794. The van der Waals surface area contributed by atoms with E-state index in [1.165, 1.54) is 20.6 Å². The molecule has 0 saturated heterocycles. The van der Waals surface area contributed by atoms with Crippen LogP contribution >= 0.6 is 0 Å². The second-order valence-electron chi connectivity index (χ2n) is 2.72. The van der Waals surface area contributed by atoms with E-state index in [-0.39, 0.29) is 0 Å². The molecule has 7 heavy (non-hydrogen) atoms. The van der Waals surface area contributed by atoms with Crippen molar-refractivity contribution in [3.05, 3.63) is 0 Å². The van der Waals surface area contributed by atoms with Crippen LogP contribution in [0, 0.1) is 0 Å². The topological polar surface area (TPSA) is 0 Å². The van der Waals surface area contributed by atoms with Gasteiger partial charge in [-0.3, -0.25) is 0 Å². The van der Waals surface area contributed by atoms with Crippen LogP contribution in [0.25, 0.3) is 0 Å². The Morgan fingerprint density at radius 3 is 1.57 bits per heavy atom. The van der Waals surface area contributed by atoms with Crippen molar-refractivity contribution in [2.75, 3.05) is 0 Å². The van der Waals surface area contributed by atoms with Crippen molar-refractivity contribution in [2.45, 2.75) is 36.8 Å². The van der Waals surface area contributed by atoms with Crippen molar-refractivity contribution >= 4 is 9.52 Å². The Morgan fingerprint density at radius 1 is 0.857 bits per heavy atom. The molecule has 0 nitrogen and oxygen atoms in total. The number of hydrogen-bond donors (Lipinski definition) is 0. The fourth-order valence-corrected chi connectivity index (χ4v) is 2.50. The normalized spacial score (nSPS) is 30.9. The van der Waals surface area contributed by atoms with Crippen LogP contribution in [0.1, 0.15) is 25.7 Å². The molecule has 0 atom stereocenters. The molecular formula is C6H10Si. The van der Waals surface area contributed by atoms with Gasteiger partial charge in [0.1, 0.15) is 0 Å². The first kappa shape index (κ1) is 4.13. The van der Waals surface area contributed by atoms with Gasteiger partial charge in [0.05, 0.1) is 0 Å². The summed E-state index contributed by atoms with van der Waals surface area (Å²) in [5, 5.41) is 0. The Hall–Kier alpha value is 0.217. The van der Waals surface area contributed by atoms with Crippen molar-refractivity contribution in [1.82, 2.24) is 0 Å². The Labute approximate surface area is 47.1 Å². The highest BCUT2D eigenvalue weighted by atomic mass is 28.2. The maximum absolute atomic E-state index is 1.56. The molecule has 0 aromatic carbocycles. The zero-order valence-electron chi connectivity index (χ0n) is 4.48. The second-order valence-corrected chi connectivity index (χ2v) is 4.68. The van der Waals surface area contributed by atoms with Gasteiger partial charge in [0.2, 0.25) is 0 Å². The van der Waals surface area contributed by atoms with Crippen LogP contribution < -0.4 is 0 Å².